The third kappa shape index (κ3) is 12.7. The van der Waals surface area contributed by atoms with Crippen LogP contribution in [0.5, 0.6) is 0 Å². The highest BCUT2D eigenvalue weighted by Crippen LogP contribution is 2.24. The van der Waals surface area contributed by atoms with Crippen LogP contribution in [0.15, 0.2) is 48.5 Å². The van der Waals surface area contributed by atoms with E-state index in [-0.39, 0.29) is 36.4 Å². The molecule has 5 amide bonds. The fourth-order valence-corrected chi connectivity index (χ4v) is 6.77. The molecule has 1 unspecified atom stereocenters. The number of hydrogen-bond acceptors (Lipinski definition) is 8. The summed E-state index contributed by atoms with van der Waals surface area (Å²) in [5, 5.41) is 19.5. The molecule has 13 nitrogen and oxygen atoms in total. The van der Waals surface area contributed by atoms with Gasteiger partial charge in [0.2, 0.25) is 5.91 Å². The number of methoxy groups -OCH3 is 1. The second kappa shape index (κ2) is 19.7. The molecular weight excluding hydrogens is 674 g/mol. The van der Waals surface area contributed by atoms with Crippen molar-refractivity contribution in [1.82, 2.24) is 35.9 Å². The van der Waals surface area contributed by atoms with E-state index >= 15 is 0 Å². The molecule has 1 saturated heterocycles. The van der Waals surface area contributed by atoms with E-state index in [4.69, 9.17) is 4.74 Å². The van der Waals surface area contributed by atoms with Crippen LogP contribution in [0.2, 0.25) is 0 Å². The number of hydrazine groups is 1. The van der Waals surface area contributed by atoms with Crippen molar-refractivity contribution in [2.24, 2.45) is 17.3 Å². The lowest BCUT2D eigenvalue weighted by Crippen LogP contribution is -2.62. The van der Waals surface area contributed by atoms with Gasteiger partial charge in [-0.15, -0.1) is 0 Å². The van der Waals surface area contributed by atoms with E-state index in [2.05, 4.69) is 34.9 Å². The van der Waals surface area contributed by atoms with Crippen LogP contribution in [0, 0.1) is 24.2 Å². The number of urea groups is 1. The summed E-state index contributed by atoms with van der Waals surface area (Å²) in [6, 6.07) is 12.4. The number of aryl methyl sites for hydroxylation is 1. The second-order valence-corrected chi connectivity index (χ2v) is 15.9. The van der Waals surface area contributed by atoms with Gasteiger partial charge in [0.25, 0.3) is 5.91 Å². The average molecular weight is 738 g/mol. The first kappa shape index (κ1) is 43.2. The van der Waals surface area contributed by atoms with Crippen LogP contribution < -0.4 is 16.1 Å². The summed E-state index contributed by atoms with van der Waals surface area (Å²) in [4.78, 5) is 62.1. The number of nitrogens with zero attached hydrogens (tertiary/aromatic N) is 4. The van der Waals surface area contributed by atoms with Gasteiger partial charge in [-0.1, -0.05) is 91.3 Å². The van der Waals surface area contributed by atoms with Crippen LogP contribution in [0.25, 0.3) is 0 Å². The molecule has 1 aliphatic rings. The number of carbonyl (C=O) groups excluding carboxylic acids is 4. The minimum atomic E-state index is -1.13. The van der Waals surface area contributed by atoms with Crippen molar-refractivity contribution in [2.45, 2.75) is 118 Å². The van der Waals surface area contributed by atoms with E-state index < -0.39 is 41.6 Å². The SMILES string of the molecule is CC[C@H](C)[C@@H](C(=O)N[C@@H](Cc1ccccc1)[C@@H](O)CN(NC(=O)[C@@H](NC(=O)OC)C(C)(C)C)C(C)CC(C)C)N1CCN(Cc2cccc(C)n2)C1=O. The maximum atomic E-state index is 14.4. The van der Waals surface area contributed by atoms with E-state index in [0.717, 1.165) is 17.0 Å². The molecule has 1 aliphatic heterocycles. The van der Waals surface area contributed by atoms with Crippen LogP contribution in [0.3, 0.4) is 0 Å². The van der Waals surface area contributed by atoms with Crippen molar-refractivity contribution in [1.29, 1.82) is 0 Å². The van der Waals surface area contributed by atoms with Gasteiger partial charge in [0.1, 0.15) is 12.1 Å². The molecule has 2 heterocycles. The normalized spacial score (nSPS) is 16.9. The molecule has 4 N–H and O–H groups in total. The Hall–Kier alpha value is -4.23. The van der Waals surface area contributed by atoms with Gasteiger partial charge in [-0.3, -0.25) is 20.0 Å². The number of alkyl carbamates (subject to hydrolysis) is 1. The third-order valence-electron chi connectivity index (χ3n) is 9.86. The molecule has 53 heavy (non-hydrogen) atoms. The topological polar surface area (TPSA) is 156 Å². The zero-order valence-electron chi connectivity index (χ0n) is 33.4. The van der Waals surface area contributed by atoms with E-state index in [1.807, 2.05) is 97.0 Å². The molecule has 13 heteroatoms. The number of aliphatic hydroxyl groups is 1. The molecule has 3 rings (SSSR count). The fourth-order valence-electron chi connectivity index (χ4n) is 6.77. The summed E-state index contributed by atoms with van der Waals surface area (Å²) in [5.74, 6) is -0.680. The predicted octanol–water partition coefficient (Wildman–Crippen LogP) is 4.67. The number of aliphatic hydroxyl groups excluding tert-OH is 1. The number of hydrogen-bond donors (Lipinski definition) is 4. The first-order chi connectivity index (χ1) is 24.9. The number of nitrogens with one attached hydrogen (secondary N) is 3. The van der Waals surface area contributed by atoms with Crippen molar-refractivity contribution in [3.05, 3.63) is 65.5 Å². The number of ether oxygens (including phenoxy) is 1. The number of amides is 5. The molecule has 0 saturated carbocycles. The summed E-state index contributed by atoms with van der Waals surface area (Å²) in [6.07, 6.45) is -0.181. The Morgan fingerprint density at radius 2 is 1.66 bits per heavy atom. The van der Waals surface area contributed by atoms with Crippen molar-refractivity contribution in [3.63, 3.8) is 0 Å². The number of pyridine rings is 1. The van der Waals surface area contributed by atoms with Gasteiger partial charge in [0, 0.05) is 31.4 Å². The van der Waals surface area contributed by atoms with Gasteiger partial charge in [-0.25, -0.2) is 14.6 Å². The van der Waals surface area contributed by atoms with Gasteiger partial charge in [0.15, 0.2) is 0 Å². The molecule has 0 bridgehead atoms. The number of carbonyl (C=O) groups is 4. The van der Waals surface area contributed by atoms with Crippen LogP contribution in [0.4, 0.5) is 9.59 Å². The first-order valence-electron chi connectivity index (χ1n) is 18.9. The number of rotatable bonds is 18. The summed E-state index contributed by atoms with van der Waals surface area (Å²) in [6.45, 7) is 18.7. The molecule has 294 valence electrons. The van der Waals surface area contributed by atoms with Gasteiger partial charge >= 0.3 is 12.1 Å². The Kier molecular flexibility index (Phi) is 16.1. The highest BCUT2D eigenvalue weighted by Gasteiger charge is 2.41. The van der Waals surface area contributed by atoms with Crippen LogP contribution >= 0.6 is 0 Å². The maximum Gasteiger partial charge on any atom is 0.407 e. The summed E-state index contributed by atoms with van der Waals surface area (Å²) in [7, 11) is 1.24. The van der Waals surface area contributed by atoms with Gasteiger partial charge in [-0.05, 0) is 61.6 Å². The Bertz CT molecular complexity index is 1500. The van der Waals surface area contributed by atoms with Gasteiger partial charge in [-0.2, -0.15) is 0 Å². The van der Waals surface area contributed by atoms with Crippen LogP contribution in [-0.2, 0) is 27.3 Å². The zero-order valence-corrected chi connectivity index (χ0v) is 33.4. The van der Waals surface area contributed by atoms with E-state index in [9.17, 15) is 24.3 Å². The van der Waals surface area contributed by atoms with Crippen LogP contribution in [0.1, 0.15) is 85.2 Å². The smallest absolute Gasteiger partial charge is 0.407 e. The predicted molar refractivity (Wildman–Crippen MR) is 205 cm³/mol. The lowest BCUT2D eigenvalue weighted by Gasteiger charge is -2.38. The average Bonchev–Trinajstić information content (AvgIpc) is 3.44. The van der Waals surface area contributed by atoms with Gasteiger partial charge < -0.3 is 30.3 Å². The summed E-state index contributed by atoms with van der Waals surface area (Å²) >= 11 is 0. The highest BCUT2D eigenvalue weighted by molar-refractivity contribution is 5.88. The van der Waals surface area contributed by atoms with E-state index in [0.29, 0.717) is 38.9 Å². The van der Waals surface area contributed by atoms with E-state index in [1.165, 1.54) is 7.11 Å². The maximum absolute atomic E-state index is 14.4. The lowest BCUT2D eigenvalue weighted by atomic mass is 9.86. The summed E-state index contributed by atoms with van der Waals surface area (Å²) < 4.78 is 4.79. The molecule has 1 aromatic heterocycles. The fraction of sp³-hybridized carbons (Fsp3) is 0.625. The zero-order chi connectivity index (χ0) is 39.5. The lowest BCUT2D eigenvalue weighted by molar-refractivity contribution is -0.133. The van der Waals surface area contributed by atoms with Crippen molar-refractivity contribution >= 4 is 23.9 Å². The van der Waals surface area contributed by atoms with Crippen molar-refractivity contribution in [3.8, 4) is 0 Å². The molecular formula is C40H63N7O6. The van der Waals surface area contributed by atoms with E-state index in [1.54, 1.807) is 14.8 Å². The Labute approximate surface area is 316 Å². The molecule has 0 radical (unpaired) electrons. The summed E-state index contributed by atoms with van der Waals surface area (Å²) in [5.41, 5.74) is 4.89. The van der Waals surface area contributed by atoms with Crippen molar-refractivity contribution < 1.29 is 29.0 Å². The molecule has 2 aromatic rings. The monoisotopic (exact) mass is 737 g/mol. The first-order valence-corrected chi connectivity index (χ1v) is 18.9. The van der Waals surface area contributed by atoms with Gasteiger partial charge in [0.05, 0.1) is 31.5 Å². The Morgan fingerprint density at radius 3 is 2.25 bits per heavy atom. The largest absolute Gasteiger partial charge is 0.453 e. The third-order valence-corrected chi connectivity index (χ3v) is 9.86. The van der Waals surface area contributed by atoms with Crippen LogP contribution in [-0.4, -0.2) is 106 Å². The highest BCUT2D eigenvalue weighted by atomic mass is 16.5. The quantitative estimate of drug-likeness (QED) is 0.161. The van der Waals surface area contributed by atoms with Crippen molar-refractivity contribution in [2.75, 3.05) is 26.7 Å². The Morgan fingerprint density at radius 1 is 0.981 bits per heavy atom. The molecule has 1 fully saturated rings. The number of benzene rings is 1. The molecule has 1 aromatic carbocycles. The number of aromatic nitrogens is 1. The molecule has 0 spiro atoms. The minimum absolute atomic E-state index is 0.0135. The Balaban J connectivity index is 1.90. The second-order valence-electron chi connectivity index (χ2n) is 15.9. The molecule has 0 aliphatic carbocycles. The minimum Gasteiger partial charge on any atom is -0.453 e. The molecule has 6 atom stereocenters. The standard InChI is InChI=1S/C40H63N7O6/c1-11-27(4)34(46-21-20-45(39(46)52)24-31-19-15-16-28(5)41-31)36(49)42-32(23-30-17-13-12-14-18-30)33(48)25-47(29(6)22-26(2)3)44-37(50)35(40(7,8)9)43-38(51)53-10/h12-19,26-27,29,32-35,48H,11,20-25H2,1-10H3,(H,42,49)(H,43,51)(H,44,50)/t27-,29?,32-,33-,34-,35+/m0/s1.